The number of piperidine rings is 1. The normalized spacial score (nSPS) is 22.1. The molecule has 1 aliphatic rings. The molecule has 1 amide bonds. The minimum Gasteiger partial charge on any atom is -0.388 e. The van der Waals surface area contributed by atoms with E-state index >= 15 is 0 Å². The standard InChI is InChI=1S/C17H20N4O2/c18-9-14-13(11-21-7-2-1-4-15(14)21)10-20-6-3-5-17(23,12-20)8-16(19)22/h1-2,4,7,11,23H,3,5-6,8,10,12H2,(H2,19,22). The molecule has 1 fully saturated rings. The van der Waals surface area contributed by atoms with E-state index < -0.39 is 11.5 Å². The number of hydrogen-bond acceptors (Lipinski definition) is 4. The Morgan fingerprint density at radius 1 is 1.48 bits per heavy atom. The van der Waals surface area contributed by atoms with Gasteiger partial charge in [0.15, 0.2) is 0 Å². The Morgan fingerprint density at radius 3 is 3.04 bits per heavy atom. The molecule has 6 heteroatoms. The third-order valence-corrected chi connectivity index (χ3v) is 4.41. The molecule has 1 saturated heterocycles. The second-order valence-electron chi connectivity index (χ2n) is 6.32. The van der Waals surface area contributed by atoms with E-state index in [1.165, 1.54) is 0 Å². The van der Waals surface area contributed by atoms with E-state index in [1.807, 2.05) is 35.0 Å². The third kappa shape index (κ3) is 3.21. The largest absolute Gasteiger partial charge is 0.388 e. The van der Waals surface area contributed by atoms with Gasteiger partial charge in [0.05, 0.1) is 23.1 Å². The zero-order valence-corrected chi connectivity index (χ0v) is 12.9. The number of carbonyl (C=O) groups is 1. The zero-order chi connectivity index (χ0) is 16.4. The van der Waals surface area contributed by atoms with E-state index in [0.717, 1.165) is 24.0 Å². The first-order valence-corrected chi connectivity index (χ1v) is 7.72. The summed E-state index contributed by atoms with van der Waals surface area (Å²) in [6.07, 6.45) is 5.23. The van der Waals surface area contributed by atoms with E-state index in [4.69, 9.17) is 5.73 Å². The fraction of sp³-hybridized carbons (Fsp3) is 0.412. The first-order chi connectivity index (χ1) is 11.0. The SMILES string of the molecule is N#Cc1c(CN2CCCC(O)(CC(N)=O)C2)cn2ccccc12. The quantitative estimate of drug-likeness (QED) is 0.881. The van der Waals surface area contributed by atoms with Crippen LogP contribution in [0, 0.1) is 11.3 Å². The van der Waals surface area contributed by atoms with Crippen LogP contribution in [0.15, 0.2) is 30.6 Å². The molecule has 1 atom stereocenters. The molecule has 2 aromatic heterocycles. The van der Waals surface area contributed by atoms with Crippen LogP contribution in [0.3, 0.4) is 0 Å². The van der Waals surface area contributed by atoms with Gasteiger partial charge in [-0.15, -0.1) is 0 Å². The van der Waals surface area contributed by atoms with Crippen molar-refractivity contribution in [2.24, 2.45) is 5.73 Å². The number of β-amino-alcohol motifs (C(OH)–C–C–N with tert-alkyl or cyclic N) is 1. The van der Waals surface area contributed by atoms with Crippen LogP contribution in [0.5, 0.6) is 0 Å². The summed E-state index contributed by atoms with van der Waals surface area (Å²) in [7, 11) is 0. The molecule has 2 aromatic rings. The molecule has 0 bridgehead atoms. The van der Waals surface area contributed by atoms with Gasteiger partial charge in [-0.1, -0.05) is 6.07 Å². The van der Waals surface area contributed by atoms with Crippen molar-refractivity contribution >= 4 is 11.4 Å². The number of fused-ring (bicyclic) bond motifs is 1. The topological polar surface area (TPSA) is 94.8 Å². The fourth-order valence-electron chi connectivity index (χ4n) is 3.48. The molecule has 0 radical (unpaired) electrons. The molecule has 23 heavy (non-hydrogen) atoms. The van der Waals surface area contributed by atoms with Crippen molar-refractivity contribution in [2.45, 2.75) is 31.4 Å². The summed E-state index contributed by atoms with van der Waals surface area (Å²) in [5, 5.41) is 20.0. The van der Waals surface area contributed by atoms with Crippen LogP contribution in [0.4, 0.5) is 0 Å². The third-order valence-electron chi connectivity index (χ3n) is 4.41. The Labute approximate surface area is 134 Å². The van der Waals surface area contributed by atoms with Crippen molar-refractivity contribution in [1.82, 2.24) is 9.30 Å². The number of amides is 1. The number of primary amides is 1. The monoisotopic (exact) mass is 312 g/mol. The summed E-state index contributed by atoms with van der Waals surface area (Å²) >= 11 is 0. The average molecular weight is 312 g/mol. The van der Waals surface area contributed by atoms with E-state index in [0.29, 0.717) is 25.1 Å². The van der Waals surface area contributed by atoms with Gasteiger partial charge < -0.3 is 15.2 Å². The molecule has 6 nitrogen and oxygen atoms in total. The highest BCUT2D eigenvalue weighted by Gasteiger charge is 2.35. The van der Waals surface area contributed by atoms with Crippen LogP contribution in [0.25, 0.3) is 5.52 Å². The maximum atomic E-state index is 11.2. The van der Waals surface area contributed by atoms with Crippen molar-refractivity contribution in [3.05, 3.63) is 41.7 Å². The van der Waals surface area contributed by atoms with Crippen LogP contribution in [0.2, 0.25) is 0 Å². The van der Waals surface area contributed by atoms with Gasteiger partial charge in [-0.3, -0.25) is 9.69 Å². The number of pyridine rings is 1. The first-order valence-electron chi connectivity index (χ1n) is 7.72. The molecule has 1 aliphatic heterocycles. The first kappa shape index (κ1) is 15.5. The molecule has 3 rings (SSSR count). The Morgan fingerprint density at radius 2 is 2.30 bits per heavy atom. The average Bonchev–Trinajstić information content (AvgIpc) is 2.82. The lowest BCUT2D eigenvalue weighted by Gasteiger charge is -2.38. The second kappa shape index (κ2) is 6.03. The van der Waals surface area contributed by atoms with Crippen LogP contribution < -0.4 is 5.73 Å². The Bertz CT molecular complexity index is 776. The van der Waals surface area contributed by atoms with Crippen LogP contribution >= 0.6 is 0 Å². The van der Waals surface area contributed by atoms with Crippen LogP contribution in [0.1, 0.15) is 30.4 Å². The van der Waals surface area contributed by atoms with Gasteiger partial charge in [0.2, 0.25) is 5.91 Å². The van der Waals surface area contributed by atoms with Gasteiger partial charge in [-0.05, 0) is 31.5 Å². The number of nitrogens with two attached hydrogens (primary N) is 1. The van der Waals surface area contributed by atoms with Crippen molar-refractivity contribution in [2.75, 3.05) is 13.1 Å². The second-order valence-corrected chi connectivity index (χ2v) is 6.32. The van der Waals surface area contributed by atoms with Crippen molar-refractivity contribution in [3.63, 3.8) is 0 Å². The summed E-state index contributed by atoms with van der Waals surface area (Å²) in [6.45, 7) is 1.80. The van der Waals surface area contributed by atoms with Gasteiger partial charge >= 0.3 is 0 Å². The van der Waals surface area contributed by atoms with Gasteiger partial charge in [-0.25, -0.2) is 0 Å². The minimum absolute atomic E-state index is 0.0215. The molecule has 0 aliphatic carbocycles. The highest BCUT2D eigenvalue weighted by Crippen LogP contribution is 2.27. The van der Waals surface area contributed by atoms with Crippen LogP contribution in [-0.2, 0) is 11.3 Å². The molecule has 0 spiro atoms. The van der Waals surface area contributed by atoms with E-state index in [1.54, 1.807) is 0 Å². The number of nitrogens with zero attached hydrogens (tertiary/aromatic N) is 3. The molecule has 3 heterocycles. The summed E-state index contributed by atoms with van der Waals surface area (Å²) < 4.78 is 1.94. The summed E-state index contributed by atoms with van der Waals surface area (Å²) in [5.74, 6) is -0.485. The zero-order valence-electron chi connectivity index (χ0n) is 12.9. The number of hydrogen-bond donors (Lipinski definition) is 2. The number of nitriles is 1. The molecule has 0 aromatic carbocycles. The molecular weight excluding hydrogens is 292 g/mol. The molecule has 120 valence electrons. The lowest BCUT2D eigenvalue weighted by atomic mass is 9.89. The summed E-state index contributed by atoms with van der Waals surface area (Å²) in [6, 6.07) is 8.03. The maximum absolute atomic E-state index is 11.2. The predicted octanol–water partition coefficient (Wildman–Crippen LogP) is 1.01. The number of aromatic nitrogens is 1. The number of likely N-dealkylation sites (tertiary alicyclic amines) is 1. The van der Waals surface area contributed by atoms with Gasteiger partial charge in [-0.2, -0.15) is 5.26 Å². The fourth-order valence-corrected chi connectivity index (χ4v) is 3.48. The Balaban J connectivity index is 1.82. The number of rotatable bonds is 4. The number of aliphatic hydroxyl groups is 1. The van der Waals surface area contributed by atoms with E-state index in [2.05, 4.69) is 11.0 Å². The van der Waals surface area contributed by atoms with Gasteiger partial charge in [0, 0.05) is 31.0 Å². The van der Waals surface area contributed by atoms with Crippen molar-refractivity contribution < 1.29 is 9.90 Å². The van der Waals surface area contributed by atoms with Gasteiger partial charge in [0.1, 0.15) is 6.07 Å². The molecule has 1 unspecified atom stereocenters. The lowest BCUT2D eigenvalue weighted by molar-refractivity contribution is -0.125. The Kier molecular flexibility index (Phi) is 4.07. The summed E-state index contributed by atoms with van der Waals surface area (Å²) in [5.41, 5.74) is 6.66. The highest BCUT2D eigenvalue weighted by atomic mass is 16.3. The number of carbonyl (C=O) groups excluding carboxylic acids is 1. The highest BCUT2D eigenvalue weighted by molar-refractivity contribution is 5.75. The van der Waals surface area contributed by atoms with E-state index in [-0.39, 0.29) is 6.42 Å². The van der Waals surface area contributed by atoms with Crippen molar-refractivity contribution in [3.8, 4) is 6.07 Å². The van der Waals surface area contributed by atoms with Crippen LogP contribution in [-0.4, -0.2) is 39.0 Å². The maximum Gasteiger partial charge on any atom is 0.220 e. The smallest absolute Gasteiger partial charge is 0.220 e. The molecular formula is C17H20N4O2. The molecule has 3 N–H and O–H groups in total. The lowest BCUT2D eigenvalue weighted by Crippen LogP contribution is -2.49. The van der Waals surface area contributed by atoms with E-state index in [9.17, 15) is 15.2 Å². The Hall–Kier alpha value is -2.36. The van der Waals surface area contributed by atoms with Gasteiger partial charge in [0.25, 0.3) is 0 Å². The predicted molar refractivity (Wildman–Crippen MR) is 85.4 cm³/mol. The van der Waals surface area contributed by atoms with Crippen molar-refractivity contribution in [1.29, 1.82) is 5.26 Å². The minimum atomic E-state index is -1.06. The summed E-state index contributed by atoms with van der Waals surface area (Å²) in [4.78, 5) is 13.2. The molecule has 0 saturated carbocycles.